The Bertz CT molecular complexity index is 1010. The molecule has 0 radical (unpaired) electrons. The molecule has 122 valence electrons. The molecule has 2 heterocycles. The van der Waals surface area contributed by atoms with Crippen LogP contribution in [0.4, 0.5) is 5.69 Å². The molecule has 4 rings (SSSR count). The van der Waals surface area contributed by atoms with Gasteiger partial charge in [0.2, 0.25) is 11.8 Å². The van der Waals surface area contributed by atoms with E-state index in [4.69, 9.17) is 9.15 Å². The van der Waals surface area contributed by atoms with E-state index in [0.717, 1.165) is 23.5 Å². The Balaban J connectivity index is 1.69. The average molecular weight is 329 g/mol. The molecule has 0 bridgehead atoms. The van der Waals surface area contributed by atoms with Crippen molar-refractivity contribution in [1.29, 1.82) is 5.26 Å². The molecule has 1 aliphatic heterocycles. The summed E-state index contributed by atoms with van der Waals surface area (Å²) in [5.74, 6) is 1.79. The third-order valence-corrected chi connectivity index (χ3v) is 3.99. The number of allylic oxidation sites excluding steroid dienone is 3. The second-order valence-electron chi connectivity index (χ2n) is 5.50. The zero-order chi connectivity index (χ0) is 17.2. The van der Waals surface area contributed by atoms with Gasteiger partial charge in [0.25, 0.3) is 0 Å². The molecule has 0 saturated carbocycles. The van der Waals surface area contributed by atoms with Crippen LogP contribution in [0.25, 0.3) is 16.7 Å². The van der Waals surface area contributed by atoms with E-state index in [0.29, 0.717) is 22.9 Å². The Kier molecular flexibility index (Phi) is 3.71. The topological polar surface area (TPSA) is 62.3 Å². The van der Waals surface area contributed by atoms with Crippen molar-refractivity contribution >= 4 is 22.4 Å². The smallest absolute Gasteiger partial charge is 0.238 e. The third kappa shape index (κ3) is 2.64. The fourth-order valence-corrected chi connectivity index (χ4v) is 2.80. The molecular weight excluding hydrogens is 314 g/mol. The van der Waals surface area contributed by atoms with Crippen LogP contribution < -0.4 is 9.64 Å². The van der Waals surface area contributed by atoms with Crippen molar-refractivity contribution in [2.45, 2.75) is 6.92 Å². The lowest BCUT2D eigenvalue weighted by molar-refractivity contribution is 0.440. The number of nitriles is 1. The van der Waals surface area contributed by atoms with E-state index in [-0.39, 0.29) is 0 Å². The second-order valence-corrected chi connectivity index (χ2v) is 5.50. The van der Waals surface area contributed by atoms with Crippen molar-refractivity contribution in [3.05, 3.63) is 72.5 Å². The van der Waals surface area contributed by atoms with Gasteiger partial charge in [-0.25, -0.2) is 4.98 Å². The molecule has 1 aliphatic rings. The Morgan fingerprint density at radius 1 is 1.20 bits per heavy atom. The first kappa shape index (κ1) is 15.0. The lowest BCUT2D eigenvalue weighted by Crippen LogP contribution is -2.19. The number of para-hydroxylation sites is 4. The van der Waals surface area contributed by atoms with Crippen molar-refractivity contribution in [2.75, 3.05) is 11.4 Å². The molecule has 0 fully saturated rings. The monoisotopic (exact) mass is 329 g/mol. The van der Waals surface area contributed by atoms with Crippen LogP contribution in [-0.2, 0) is 0 Å². The highest BCUT2D eigenvalue weighted by Gasteiger charge is 2.23. The highest BCUT2D eigenvalue weighted by Crippen LogP contribution is 2.38. The van der Waals surface area contributed by atoms with E-state index < -0.39 is 0 Å². The molecule has 0 atom stereocenters. The van der Waals surface area contributed by atoms with Crippen molar-refractivity contribution in [3.63, 3.8) is 0 Å². The van der Waals surface area contributed by atoms with Gasteiger partial charge in [0.05, 0.1) is 5.69 Å². The molecule has 1 aromatic heterocycles. The van der Waals surface area contributed by atoms with Gasteiger partial charge in [-0.3, -0.25) is 0 Å². The van der Waals surface area contributed by atoms with E-state index in [1.807, 2.05) is 53.4 Å². The summed E-state index contributed by atoms with van der Waals surface area (Å²) in [7, 11) is 0. The number of oxazole rings is 1. The Hall–Kier alpha value is -3.52. The van der Waals surface area contributed by atoms with Gasteiger partial charge in [-0.2, -0.15) is 5.26 Å². The Morgan fingerprint density at radius 3 is 2.80 bits per heavy atom. The molecule has 0 aliphatic carbocycles. The Morgan fingerprint density at radius 2 is 2.00 bits per heavy atom. The van der Waals surface area contributed by atoms with Gasteiger partial charge in [0.15, 0.2) is 11.3 Å². The first-order valence-electron chi connectivity index (χ1n) is 8.02. The van der Waals surface area contributed by atoms with Crippen LogP contribution in [0.3, 0.4) is 0 Å². The van der Waals surface area contributed by atoms with Gasteiger partial charge >= 0.3 is 0 Å². The third-order valence-electron chi connectivity index (χ3n) is 3.99. The first-order valence-corrected chi connectivity index (χ1v) is 8.02. The normalized spacial score (nSPS) is 15.3. The average Bonchev–Trinajstić information content (AvgIpc) is 3.23. The Labute approximate surface area is 145 Å². The maximum atomic E-state index is 9.47. The number of hydrogen-bond acceptors (Lipinski definition) is 5. The quantitative estimate of drug-likeness (QED) is 0.662. The van der Waals surface area contributed by atoms with E-state index in [2.05, 4.69) is 18.0 Å². The summed E-state index contributed by atoms with van der Waals surface area (Å²) >= 11 is 0. The molecule has 0 amide bonds. The lowest BCUT2D eigenvalue weighted by Gasteiger charge is -2.14. The summed E-state index contributed by atoms with van der Waals surface area (Å²) in [4.78, 5) is 6.42. The van der Waals surface area contributed by atoms with Crippen molar-refractivity contribution in [1.82, 2.24) is 4.98 Å². The number of ether oxygens (including phenoxy) is 1. The molecule has 25 heavy (non-hydrogen) atoms. The number of anilines is 1. The minimum Gasteiger partial charge on any atom is -0.439 e. The van der Waals surface area contributed by atoms with Crippen LogP contribution >= 0.6 is 0 Å². The first-order chi connectivity index (χ1) is 12.3. The summed E-state index contributed by atoms with van der Waals surface area (Å²) in [5, 5.41) is 9.47. The van der Waals surface area contributed by atoms with E-state index >= 15 is 0 Å². The number of rotatable bonds is 3. The van der Waals surface area contributed by atoms with Crippen LogP contribution in [0, 0.1) is 11.3 Å². The van der Waals surface area contributed by atoms with Crippen LogP contribution in [-0.4, -0.2) is 11.5 Å². The predicted molar refractivity (Wildman–Crippen MR) is 95.8 cm³/mol. The minimum absolute atomic E-state index is 0.305. The molecule has 2 aromatic carbocycles. The molecular formula is C20H15N3O2. The van der Waals surface area contributed by atoms with Gasteiger partial charge in [0, 0.05) is 12.6 Å². The summed E-state index contributed by atoms with van der Waals surface area (Å²) < 4.78 is 11.5. The summed E-state index contributed by atoms with van der Waals surface area (Å²) in [6.07, 6.45) is 3.45. The summed E-state index contributed by atoms with van der Waals surface area (Å²) in [6, 6.07) is 17.4. The van der Waals surface area contributed by atoms with Crippen LogP contribution in [0.2, 0.25) is 0 Å². The van der Waals surface area contributed by atoms with Crippen molar-refractivity contribution < 1.29 is 9.15 Å². The molecule has 5 nitrogen and oxygen atoms in total. The van der Waals surface area contributed by atoms with E-state index in [1.54, 1.807) is 12.2 Å². The maximum Gasteiger partial charge on any atom is 0.238 e. The van der Waals surface area contributed by atoms with Crippen LogP contribution in [0.5, 0.6) is 5.75 Å². The van der Waals surface area contributed by atoms with Gasteiger partial charge in [-0.15, -0.1) is 0 Å². The second kappa shape index (κ2) is 6.17. The van der Waals surface area contributed by atoms with E-state index in [1.165, 1.54) is 0 Å². The lowest BCUT2D eigenvalue weighted by atomic mass is 10.2. The van der Waals surface area contributed by atoms with Crippen LogP contribution in [0.1, 0.15) is 12.8 Å². The SMILES string of the molecule is CCN1/C(=C/C=C(\C#N)c2nc3ccccc3o2)Oc2ccccc21. The zero-order valence-corrected chi connectivity index (χ0v) is 13.6. The van der Waals surface area contributed by atoms with Gasteiger partial charge in [-0.1, -0.05) is 24.3 Å². The van der Waals surface area contributed by atoms with Crippen molar-refractivity contribution in [2.24, 2.45) is 0 Å². The zero-order valence-electron chi connectivity index (χ0n) is 13.6. The number of benzene rings is 2. The van der Waals surface area contributed by atoms with Gasteiger partial charge in [0.1, 0.15) is 17.2 Å². The molecule has 0 N–H and O–H groups in total. The molecule has 3 aromatic rings. The number of hydrogen-bond donors (Lipinski definition) is 0. The largest absolute Gasteiger partial charge is 0.439 e. The highest BCUT2D eigenvalue weighted by molar-refractivity contribution is 5.80. The summed E-state index contributed by atoms with van der Waals surface area (Å²) in [6.45, 7) is 2.82. The van der Waals surface area contributed by atoms with Gasteiger partial charge in [-0.05, 0) is 37.3 Å². The molecule has 0 saturated heterocycles. The highest BCUT2D eigenvalue weighted by atomic mass is 16.5. The molecule has 0 unspecified atom stereocenters. The maximum absolute atomic E-state index is 9.47. The van der Waals surface area contributed by atoms with Crippen LogP contribution in [0.15, 0.2) is 71.0 Å². The number of fused-ring (bicyclic) bond motifs is 2. The van der Waals surface area contributed by atoms with Crippen molar-refractivity contribution in [3.8, 4) is 11.8 Å². The molecule has 5 heteroatoms. The fraction of sp³-hybridized carbons (Fsp3) is 0.100. The minimum atomic E-state index is 0.305. The standard InChI is InChI=1S/C20H15N3O2/c1-2-23-16-8-4-6-10-18(16)24-19(23)12-11-14(13-21)20-22-15-7-3-5-9-17(15)25-20/h3-12H,2H2,1H3/b14-11+,19-12-. The number of nitrogens with zero attached hydrogens (tertiary/aromatic N) is 3. The summed E-state index contributed by atoms with van der Waals surface area (Å²) in [5.41, 5.74) is 2.75. The van der Waals surface area contributed by atoms with E-state index in [9.17, 15) is 5.26 Å². The van der Waals surface area contributed by atoms with Gasteiger partial charge < -0.3 is 14.1 Å². The predicted octanol–water partition coefficient (Wildman–Crippen LogP) is 4.50. The fourth-order valence-electron chi connectivity index (χ4n) is 2.80. The molecule has 0 spiro atoms. The number of aromatic nitrogens is 1.